The molecule has 3 rings (SSSR count). The summed E-state index contributed by atoms with van der Waals surface area (Å²) in [6.45, 7) is 0.527. The van der Waals surface area contributed by atoms with Crippen LogP contribution in [0.25, 0.3) is 0 Å². The molecule has 2 aromatic heterocycles. The molecule has 2 aromatic rings. The van der Waals surface area contributed by atoms with Gasteiger partial charge in [-0.25, -0.2) is 18.9 Å². The van der Waals surface area contributed by atoms with Crippen LogP contribution in [0, 0.1) is 11.7 Å². The van der Waals surface area contributed by atoms with Crippen molar-refractivity contribution in [1.82, 2.24) is 19.3 Å². The molecule has 1 N–H and O–H groups in total. The highest BCUT2D eigenvalue weighted by Crippen LogP contribution is 2.42. The topological polar surface area (TPSA) is 82.2 Å². The number of aliphatic hydroxyl groups is 1. The molecule has 0 bridgehead atoms. The highest BCUT2D eigenvalue weighted by molar-refractivity contribution is 5.21. The van der Waals surface area contributed by atoms with Gasteiger partial charge in [0.05, 0.1) is 12.5 Å². The number of fused-ring (bicyclic) bond motifs is 1. The van der Waals surface area contributed by atoms with E-state index in [0.29, 0.717) is 15.4 Å². The van der Waals surface area contributed by atoms with E-state index in [9.17, 15) is 40.6 Å². The largest absolute Gasteiger partial charge is 0.436 e. The van der Waals surface area contributed by atoms with E-state index in [0.717, 1.165) is 6.07 Å². The zero-order chi connectivity index (χ0) is 23.1. The zero-order valence-electron chi connectivity index (χ0n) is 15.9. The Labute approximate surface area is 170 Å². The molecule has 0 aromatic carbocycles. The minimum absolute atomic E-state index is 0.125. The second kappa shape index (κ2) is 8.22. The molecular formula is C17H17F7N4O3. The normalized spacial score (nSPS) is 20.5. The third-order valence-electron chi connectivity index (χ3n) is 4.94. The minimum atomic E-state index is -5.08. The van der Waals surface area contributed by atoms with Gasteiger partial charge in [-0.05, 0) is 19.4 Å². The number of hydrogen-bond acceptors (Lipinski definition) is 5. The Morgan fingerprint density at radius 2 is 1.97 bits per heavy atom. The Morgan fingerprint density at radius 1 is 1.29 bits per heavy atom. The summed E-state index contributed by atoms with van der Waals surface area (Å²) in [5.74, 6) is -3.96. The molecule has 0 aliphatic carbocycles. The van der Waals surface area contributed by atoms with Crippen LogP contribution in [0.2, 0.25) is 0 Å². The quantitative estimate of drug-likeness (QED) is 0.551. The van der Waals surface area contributed by atoms with Crippen molar-refractivity contribution in [2.75, 3.05) is 6.61 Å². The van der Waals surface area contributed by atoms with Gasteiger partial charge < -0.3 is 9.84 Å². The number of aromatic nitrogens is 4. The molecule has 1 aliphatic rings. The van der Waals surface area contributed by atoms with Crippen molar-refractivity contribution in [3.63, 3.8) is 0 Å². The lowest BCUT2D eigenvalue weighted by molar-refractivity contribution is -0.228. The van der Waals surface area contributed by atoms with Crippen LogP contribution >= 0.6 is 0 Å². The maximum Gasteiger partial charge on any atom is 0.436 e. The summed E-state index contributed by atoms with van der Waals surface area (Å²) >= 11 is 0. The summed E-state index contributed by atoms with van der Waals surface area (Å²) in [5.41, 5.74) is -3.50. The molecule has 3 unspecified atom stereocenters. The molecule has 0 amide bonds. The molecule has 0 spiro atoms. The number of alkyl halides is 6. The van der Waals surface area contributed by atoms with Crippen LogP contribution in [0.4, 0.5) is 30.7 Å². The summed E-state index contributed by atoms with van der Waals surface area (Å²) in [6, 6.07) is -0.946. The first-order valence-electron chi connectivity index (χ1n) is 9.11. The van der Waals surface area contributed by atoms with Gasteiger partial charge in [0.2, 0.25) is 0 Å². The van der Waals surface area contributed by atoms with Crippen molar-refractivity contribution in [3.8, 4) is 0 Å². The zero-order valence-corrected chi connectivity index (χ0v) is 15.9. The highest BCUT2D eigenvalue weighted by atomic mass is 19.4. The summed E-state index contributed by atoms with van der Waals surface area (Å²) in [6.07, 6.45) is -11.9. The lowest BCUT2D eigenvalue weighted by Gasteiger charge is -2.35. The van der Waals surface area contributed by atoms with Crippen molar-refractivity contribution >= 4 is 0 Å². The summed E-state index contributed by atoms with van der Waals surface area (Å²) in [4.78, 5) is 15.7. The van der Waals surface area contributed by atoms with Gasteiger partial charge in [0.1, 0.15) is 11.9 Å². The second-order valence-electron chi connectivity index (χ2n) is 6.88. The fourth-order valence-corrected chi connectivity index (χ4v) is 3.59. The standard InChI is InChI=1S/C17H17F7N4O3/c1-2-31-14(29)12-9(16(19,20)21)3-4-10-26-27(15(30)28(10)12)7-8-5-6-25-13(11(8)18)17(22,23)24/h5-6,9,12,14,29H,2-4,7H2,1H3. The van der Waals surface area contributed by atoms with Gasteiger partial charge in [-0.3, -0.25) is 4.57 Å². The van der Waals surface area contributed by atoms with E-state index in [4.69, 9.17) is 4.74 Å². The van der Waals surface area contributed by atoms with Crippen molar-refractivity contribution in [1.29, 1.82) is 0 Å². The number of aliphatic hydroxyl groups excluding tert-OH is 1. The molecule has 31 heavy (non-hydrogen) atoms. The lowest BCUT2D eigenvalue weighted by Crippen LogP contribution is -2.47. The van der Waals surface area contributed by atoms with Gasteiger partial charge in [0, 0.05) is 24.8 Å². The average molecular weight is 458 g/mol. The fourth-order valence-electron chi connectivity index (χ4n) is 3.59. The Kier molecular flexibility index (Phi) is 6.15. The Hall–Kier alpha value is -2.48. The van der Waals surface area contributed by atoms with Gasteiger partial charge in [-0.2, -0.15) is 31.4 Å². The van der Waals surface area contributed by atoms with Gasteiger partial charge in [0.25, 0.3) is 0 Å². The molecule has 0 saturated carbocycles. The fraction of sp³-hybridized carbons (Fsp3) is 0.588. The summed E-state index contributed by atoms with van der Waals surface area (Å²) in [5, 5.41) is 14.0. The van der Waals surface area contributed by atoms with Crippen LogP contribution in [0.1, 0.15) is 36.5 Å². The molecule has 3 atom stereocenters. The molecule has 0 fully saturated rings. The molecule has 1 aliphatic heterocycles. The number of halogens is 7. The van der Waals surface area contributed by atoms with Crippen LogP contribution in [0.15, 0.2) is 17.1 Å². The van der Waals surface area contributed by atoms with Crippen molar-refractivity contribution in [2.24, 2.45) is 5.92 Å². The van der Waals surface area contributed by atoms with Crippen LogP contribution in [-0.2, 0) is 23.9 Å². The molecule has 14 heteroatoms. The smallest absolute Gasteiger partial charge is 0.366 e. The SMILES string of the molecule is CCOC(O)C1C(C(F)(F)F)CCc2nn(Cc3ccnc(C(F)(F)F)c3F)c(=O)n21. The van der Waals surface area contributed by atoms with Crippen LogP contribution in [0.5, 0.6) is 0 Å². The number of ether oxygens (including phenoxy) is 1. The van der Waals surface area contributed by atoms with Crippen LogP contribution in [-0.4, -0.2) is 43.5 Å². The van der Waals surface area contributed by atoms with E-state index in [-0.39, 0.29) is 18.9 Å². The van der Waals surface area contributed by atoms with E-state index in [1.54, 1.807) is 0 Å². The molecule has 0 radical (unpaired) electrons. The van der Waals surface area contributed by atoms with E-state index in [2.05, 4.69) is 10.1 Å². The maximum atomic E-state index is 14.3. The summed E-state index contributed by atoms with van der Waals surface area (Å²) in [7, 11) is 0. The average Bonchev–Trinajstić information content (AvgIpc) is 2.97. The van der Waals surface area contributed by atoms with Crippen molar-refractivity contribution in [3.05, 3.63) is 45.6 Å². The van der Waals surface area contributed by atoms with Gasteiger partial charge in [0.15, 0.2) is 17.8 Å². The Bertz CT molecular complexity index is 999. The molecule has 172 valence electrons. The van der Waals surface area contributed by atoms with Crippen molar-refractivity contribution in [2.45, 2.75) is 51.0 Å². The number of pyridine rings is 1. The monoisotopic (exact) mass is 458 g/mol. The van der Waals surface area contributed by atoms with Gasteiger partial charge >= 0.3 is 18.0 Å². The summed E-state index contributed by atoms with van der Waals surface area (Å²) < 4.78 is 99.4. The number of aryl methyl sites for hydroxylation is 1. The Morgan fingerprint density at radius 3 is 2.55 bits per heavy atom. The second-order valence-corrected chi connectivity index (χ2v) is 6.88. The van der Waals surface area contributed by atoms with E-state index in [1.165, 1.54) is 6.92 Å². The van der Waals surface area contributed by atoms with Gasteiger partial charge in [-0.1, -0.05) is 0 Å². The number of nitrogens with zero attached hydrogens (tertiary/aromatic N) is 4. The minimum Gasteiger partial charge on any atom is -0.366 e. The molecule has 7 nitrogen and oxygen atoms in total. The lowest BCUT2D eigenvalue weighted by atomic mass is 9.89. The van der Waals surface area contributed by atoms with Gasteiger partial charge in [-0.15, -0.1) is 0 Å². The molecule has 3 heterocycles. The third-order valence-corrected chi connectivity index (χ3v) is 4.94. The number of hydrogen-bond donors (Lipinski definition) is 1. The van der Waals surface area contributed by atoms with Crippen LogP contribution < -0.4 is 5.69 Å². The predicted octanol–water partition coefficient (Wildman–Crippen LogP) is 2.67. The van der Waals surface area contributed by atoms with Crippen molar-refractivity contribution < 1.29 is 40.6 Å². The Balaban J connectivity index is 2.04. The first kappa shape index (κ1) is 23.2. The third kappa shape index (κ3) is 4.44. The first-order valence-corrected chi connectivity index (χ1v) is 9.11. The highest BCUT2D eigenvalue weighted by Gasteiger charge is 2.51. The van der Waals surface area contributed by atoms with E-state index in [1.807, 2.05) is 0 Å². The predicted molar refractivity (Wildman–Crippen MR) is 89.3 cm³/mol. The van der Waals surface area contributed by atoms with E-state index >= 15 is 0 Å². The van der Waals surface area contributed by atoms with Crippen LogP contribution in [0.3, 0.4) is 0 Å². The molecular weight excluding hydrogens is 441 g/mol. The maximum absolute atomic E-state index is 14.3. The number of rotatable bonds is 5. The molecule has 0 saturated heterocycles. The van der Waals surface area contributed by atoms with E-state index < -0.39 is 66.3 Å². The first-order chi connectivity index (χ1) is 14.4.